The van der Waals surface area contributed by atoms with Crippen LogP contribution >= 0.6 is 0 Å². The van der Waals surface area contributed by atoms with E-state index in [0.29, 0.717) is 6.54 Å². The quantitative estimate of drug-likeness (QED) is 0.772. The summed E-state index contributed by atoms with van der Waals surface area (Å²) in [7, 11) is 0. The molecule has 0 unspecified atom stereocenters. The maximum absolute atomic E-state index is 9.63. The van der Waals surface area contributed by atoms with Crippen molar-refractivity contribution in [3.8, 4) is 5.75 Å². The third kappa shape index (κ3) is 2.51. The number of nitrogens with zero attached hydrogens (tertiary/aromatic N) is 1. The molecule has 0 fully saturated rings. The Balaban J connectivity index is 2.08. The van der Waals surface area contributed by atoms with E-state index in [9.17, 15) is 5.11 Å². The molecule has 3 nitrogen and oxygen atoms in total. The summed E-state index contributed by atoms with van der Waals surface area (Å²) < 4.78 is 0. The molecule has 2 aromatic rings. The lowest BCUT2D eigenvalue weighted by Gasteiger charge is -2.08. The molecule has 0 bridgehead atoms. The molecule has 0 aliphatic heterocycles. The number of pyridine rings is 1. The van der Waals surface area contributed by atoms with Crippen LogP contribution in [0.25, 0.3) is 0 Å². The molecule has 0 aliphatic rings. The maximum atomic E-state index is 9.63. The summed E-state index contributed by atoms with van der Waals surface area (Å²) in [6.07, 6.45) is 3.55. The lowest BCUT2D eigenvalue weighted by atomic mass is 10.2. The predicted octanol–water partition coefficient (Wildman–Crippen LogP) is 2.71. The molecule has 2 rings (SSSR count). The minimum Gasteiger partial charge on any atom is -0.506 e. The first-order valence-corrected chi connectivity index (χ1v) is 5.18. The highest BCUT2D eigenvalue weighted by molar-refractivity contribution is 5.57. The van der Waals surface area contributed by atoms with Crippen LogP contribution in [0.4, 0.5) is 5.69 Å². The van der Waals surface area contributed by atoms with Gasteiger partial charge in [-0.2, -0.15) is 0 Å². The number of phenols is 1. The van der Waals surface area contributed by atoms with E-state index < -0.39 is 0 Å². The van der Waals surface area contributed by atoms with Gasteiger partial charge in [-0.1, -0.05) is 12.1 Å². The molecule has 16 heavy (non-hydrogen) atoms. The van der Waals surface area contributed by atoms with Gasteiger partial charge in [0.05, 0.1) is 5.69 Å². The largest absolute Gasteiger partial charge is 0.506 e. The number of hydrogen-bond acceptors (Lipinski definition) is 3. The van der Waals surface area contributed by atoms with E-state index >= 15 is 0 Å². The Morgan fingerprint density at radius 1 is 1.31 bits per heavy atom. The van der Waals surface area contributed by atoms with Crippen LogP contribution in [-0.2, 0) is 6.54 Å². The molecule has 1 aromatic heterocycles. The van der Waals surface area contributed by atoms with Crippen molar-refractivity contribution in [2.24, 2.45) is 0 Å². The van der Waals surface area contributed by atoms with Crippen LogP contribution in [0.15, 0.2) is 42.7 Å². The Morgan fingerprint density at radius 3 is 2.94 bits per heavy atom. The number of aromatic nitrogens is 1. The van der Waals surface area contributed by atoms with Gasteiger partial charge in [-0.25, -0.2) is 0 Å². The third-order valence-electron chi connectivity index (χ3n) is 2.36. The Morgan fingerprint density at radius 2 is 2.19 bits per heavy atom. The van der Waals surface area contributed by atoms with Gasteiger partial charge in [-0.05, 0) is 36.2 Å². The van der Waals surface area contributed by atoms with Gasteiger partial charge >= 0.3 is 0 Å². The molecule has 82 valence electrons. The van der Waals surface area contributed by atoms with E-state index in [2.05, 4.69) is 10.3 Å². The average molecular weight is 214 g/mol. The number of benzene rings is 1. The maximum Gasteiger partial charge on any atom is 0.138 e. The van der Waals surface area contributed by atoms with Crippen molar-refractivity contribution < 1.29 is 5.11 Å². The first-order chi connectivity index (χ1) is 7.75. The molecule has 1 aromatic carbocycles. The third-order valence-corrected chi connectivity index (χ3v) is 2.36. The van der Waals surface area contributed by atoms with Crippen LogP contribution in [-0.4, -0.2) is 10.1 Å². The number of aromatic hydroxyl groups is 1. The first-order valence-electron chi connectivity index (χ1n) is 5.18. The van der Waals surface area contributed by atoms with E-state index in [1.165, 1.54) is 0 Å². The van der Waals surface area contributed by atoms with Crippen molar-refractivity contribution in [3.63, 3.8) is 0 Å². The highest BCUT2D eigenvalue weighted by Gasteiger charge is 2.00. The van der Waals surface area contributed by atoms with Crippen molar-refractivity contribution in [1.29, 1.82) is 0 Å². The Hall–Kier alpha value is -2.03. The fourth-order valence-corrected chi connectivity index (χ4v) is 1.49. The van der Waals surface area contributed by atoms with Gasteiger partial charge in [0, 0.05) is 18.9 Å². The monoisotopic (exact) mass is 214 g/mol. The van der Waals surface area contributed by atoms with Gasteiger partial charge in [-0.3, -0.25) is 4.98 Å². The van der Waals surface area contributed by atoms with Gasteiger partial charge < -0.3 is 10.4 Å². The molecule has 0 spiro atoms. The van der Waals surface area contributed by atoms with Crippen LogP contribution in [0, 0.1) is 6.92 Å². The second-order valence-corrected chi connectivity index (χ2v) is 3.74. The topological polar surface area (TPSA) is 45.1 Å². The van der Waals surface area contributed by atoms with E-state index in [1.807, 2.05) is 31.2 Å². The van der Waals surface area contributed by atoms with Crippen molar-refractivity contribution in [2.45, 2.75) is 13.5 Å². The van der Waals surface area contributed by atoms with Crippen LogP contribution in [0.1, 0.15) is 11.1 Å². The summed E-state index contributed by atoms with van der Waals surface area (Å²) in [4.78, 5) is 4.03. The molecule has 2 N–H and O–H groups in total. The number of hydrogen-bond donors (Lipinski definition) is 2. The second kappa shape index (κ2) is 4.66. The lowest BCUT2D eigenvalue weighted by molar-refractivity contribution is 0.477. The molecule has 0 saturated carbocycles. The number of nitrogens with one attached hydrogen (secondary N) is 1. The highest BCUT2D eigenvalue weighted by atomic mass is 16.3. The minimum absolute atomic E-state index is 0.273. The fraction of sp³-hybridized carbons (Fsp3) is 0.154. The molecule has 0 saturated heterocycles. The van der Waals surface area contributed by atoms with Crippen molar-refractivity contribution in [3.05, 3.63) is 53.9 Å². The van der Waals surface area contributed by atoms with Crippen molar-refractivity contribution in [1.82, 2.24) is 4.98 Å². The first kappa shape index (κ1) is 10.5. The van der Waals surface area contributed by atoms with E-state index in [1.54, 1.807) is 18.5 Å². The SMILES string of the molecule is Cc1ccc(O)c(NCc2cccnc2)c1. The van der Waals surface area contributed by atoms with E-state index in [4.69, 9.17) is 0 Å². The zero-order valence-corrected chi connectivity index (χ0v) is 9.14. The zero-order chi connectivity index (χ0) is 11.4. The van der Waals surface area contributed by atoms with E-state index in [0.717, 1.165) is 16.8 Å². The van der Waals surface area contributed by atoms with E-state index in [-0.39, 0.29) is 5.75 Å². The predicted molar refractivity (Wildman–Crippen MR) is 64.4 cm³/mol. The number of aryl methyl sites for hydroxylation is 1. The summed E-state index contributed by atoms with van der Waals surface area (Å²) in [5, 5.41) is 12.8. The molecular weight excluding hydrogens is 200 g/mol. The molecule has 0 atom stereocenters. The van der Waals surface area contributed by atoms with Crippen molar-refractivity contribution >= 4 is 5.69 Å². The second-order valence-electron chi connectivity index (χ2n) is 3.74. The van der Waals surface area contributed by atoms with Crippen LogP contribution < -0.4 is 5.32 Å². The smallest absolute Gasteiger partial charge is 0.138 e. The molecule has 3 heteroatoms. The molecular formula is C13H14N2O. The fourth-order valence-electron chi connectivity index (χ4n) is 1.49. The lowest BCUT2D eigenvalue weighted by Crippen LogP contribution is -2.00. The summed E-state index contributed by atoms with van der Waals surface area (Å²) in [6, 6.07) is 9.39. The van der Waals surface area contributed by atoms with Crippen molar-refractivity contribution in [2.75, 3.05) is 5.32 Å². The van der Waals surface area contributed by atoms with Gasteiger partial charge in [0.1, 0.15) is 5.75 Å². The molecule has 0 radical (unpaired) electrons. The number of rotatable bonds is 3. The Bertz CT molecular complexity index is 469. The summed E-state index contributed by atoms with van der Waals surface area (Å²) in [6.45, 7) is 2.65. The number of anilines is 1. The normalized spacial score (nSPS) is 10.1. The van der Waals surface area contributed by atoms with Crippen LogP contribution in [0.5, 0.6) is 5.75 Å². The zero-order valence-electron chi connectivity index (χ0n) is 9.14. The standard InChI is InChI=1S/C13H14N2O/c1-10-4-5-13(16)12(7-10)15-9-11-3-2-6-14-8-11/h2-8,15-16H,9H2,1H3. The molecule has 0 amide bonds. The molecule has 1 heterocycles. The van der Waals surface area contributed by atoms with Gasteiger partial charge in [0.25, 0.3) is 0 Å². The average Bonchev–Trinajstić information content (AvgIpc) is 2.32. The van der Waals surface area contributed by atoms with Crippen LogP contribution in [0.2, 0.25) is 0 Å². The summed E-state index contributed by atoms with van der Waals surface area (Å²) in [5.74, 6) is 0.273. The summed E-state index contributed by atoms with van der Waals surface area (Å²) >= 11 is 0. The Kier molecular flexibility index (Phi) is 3.05. The van der Waals surface area contributed by atoms with Gasteiger partial charge in [0.15, 0.2) is 0 Å². The van der Waals surface area contributed by atoms with Crippen LogP contribution in [0.3, 0.4) is 0 Å². The van der Waals surface area contributed by atoms with Gasteiger partial charge in [0.2, 0.25) is 0 Å². The Labute approximate surface area is 94.8 Å². The number of phenolic OH excluding ortho intramolecular Hbond substituents is 1. The van der Waals surface area contributed by atoms with Gasteiger partial charge in [-0.15, -0.1) is 0 Å². The molecule has 0 aliphatic carbocycles. The highest BCUT2D eigenvalue weighted by Crippen LogP contribution is 2.24. The summed E-state index contributed by atoms with van der Waals surface area (Å²) in [5.41, 5.74) is 2.96. The minimum atomic E-state index is 0.273.